The van der Waals surface area contributed by atoms with E-state index >= 15 is 0 Å². The molecule has 3 heterocycles. The van der Waals surface area contributed by atoms with Gasteiger partial charge in [-0.2, -0.15) is 0 Å². The molecule has 1 aliphatic heterocycles. The summed E-state index contributed by atoms with van der Waals surface area (Å²) in [6.07, 6.45) is 3.08. The minimum absolute atomic E-state index is 0.0995. The molecular weight excluding hydrogens is 334 g/mol. The number of carbonyl (C=O) groups excluding carboxylic acids is 3. The zero-order chi connectivity index (χ0) is 18.8. The van der Waals surface area contributed by atoms with Crippen LogP contribution in [0.5, 0.6) is 0 Å². The Morgan fingerprint density at radius 2 is 2.08 bits per heavy atom. The molecule has 0 saturated carbocycles. The monoisotopic (exact) mass is 357 g/mol. The third kappa shape index (κ3) is 3.42. The van der Waals surface area contributed by atoms with Crippen molar-refractivity contribution >= 4 is 17.6 Å². The molecule has 2 aromatic rings. The molecule has 1 fully saturated rings. The number of nitrogens with zero attached hydrogens (tertiary/aromatic N) is 1. The van der Waals surface area contributed by atoms with E-state index in [-0.39, 0.29) is 23.6 Å². The number of carbonyl (C=O) groups is 3. The summed E-state index contributed by atoms with van der Waals surface area (Å²) >= 11 is 0. The van der Waals surface area contributed by atoms with E-state index in [9.17, 15) is 14.4 Å². The van der Waals surface area contributed by atoms with Crippen molar-refractivity contribution in [3.05, 3.63) is 46.7 Å². The topological polar surface area (TPSA) is 95.4 Å². The number of piperidine rings is 1. The van der Waals surface area contributed by atoms with Crippen molar-refractivity contribution in [2.45, 2.75) is 39.7 Å². The molecule has 7 nitrogen and oxygen atoms in total. The highest BCUT2D eigenvalue weighted by Crippen LogP contribution is 2.20. The van der Waals surface area contributed by atoms with Gasteiger partial charge in [-0.1, -0.05) is 0 Å². The van der Waals surface area contributed by atoms with Crippen molar-refractivity contribution in [3.8, 4) is 0 Å². The van der Waals surface area contributed by atoms with Crippen LogP contribution in [0.25, 0.3) is 0 Å². The number of nitrogens with one attached hydrogen (secondary N) is 2. The molecule has 2 aromatic heterocycles. The number of hydrogen-bond acceptors (Lipinski definition) is 4. The Bertz CT molecular complexity index is 835. The molecule has 1 aliphatic rings. The Morgan fingerprint density at radius 1 is 1.31 bits per heavy atom. The highest BCUT2D eigenvalue weighted by Gasteiger charge is 2.28. The summed E-state index contributed by atoms with van der Waals surface area (Å²) in [4.78, 5) is 41.5. The maximum atomic E-state index is 12.7. The van der Waals surface area contributed by atoms with E-state index in [2.05, 4.69) is 10.3 Å². The molecule has 2 amide bonds. The second-order valence-electron chi connectivity index (χ2n) is 6.72. The van der Waals surface area contributed by atoms with Gasteiger partial charge in [0.25, 0.3) is 11.8 Å². The van der Waals surface area contributed by atoms with Crippen molar-refractivity contribution in [2.24, 2.45) is 0 Å². The molecule has 0 aliphatic carbocycles. The van der Waals surface area contributed by atoms with Crippen LogP contribution in [0.15, 0.2) is 22.8 Å². The Hall–Kier alpha value is -2.83. The predicted octanol–water partition coefficient (Wildman–Crippen LogP) is 2.46. The van der Waals surface area contributed by atoms with Crippen molar-refractivity contribution in [2.75, 3.05) is 13.1 Å². The van der Waals surface area contributed by atoms with E-state index < -0.39 is 0 Å². The quantitative estimate of drug-likeness (QED) is 0.822. The SMILES string of the molecule is CC(=O)c1[nH]c(C)c(C(=O)NC2CCCN(C(=O)c3ccco3)C2)c1C. The standard InChI is InChI=1S/C19H23N3O4/c1-11-16(12(2)20-17(11)13(3)23)18(24)21-14-6-4-8-22(10-14)19(25)15-7-5-9-26-15/h5,7,9,14,20H,4,6,8,10H2,1-3H3,(H,21,24). The van der Waals surface area contributed by atoms with Crippen LogP contribution in [0.2, 0.25) is 0 Å². The predicted molar refractivity (Wildman–Crippen MR) is 95.4 cm³/mol. The van der Waals surface area contributed by atoms with Gasteiger partial charge in [-0.05, 0) is 44.4 Å². The van der Waals surface area contributed by atoms with Crippen LogP contribution in [0.3, 0.4) is 0 Å². The van der Waals surface area contributed by atoms with E-state index in [4.69, 9.17) is 4.42 Å². The fourth-order valence-corrected chi connectivity index (χ4v) is 3.54. The van der Waals surface area contributed by atoms with E-state index in [1.54, 1.807) is 30.9 Å². The van der Waals surface area contributed by atoms with Gasteiger partial charge < -0.3 is 19.6 Å². The van der Waals surface area contributed by atoms with Crippen LogP contribution >= 0.6 is 0 Å². The Balaban J connectivity index is 1.70. The first-order chi connectivity index (χ1) is 12.4. The summed E-state index contributed by atoms with van der Waals surface area (Å²) in [5.41, 5.74) is 2.30. The molecule has 26 heavy (non-hydrogen) atoms. The summed E-state index contributed by atoms with van der Waals surface area (Å²) in [7, 11) is 0. The number of hydrogen-bond donors (Lipinski definition) is 2. The molecule has 0 aromatic carbocycles. The molecule has 138 valence electrons. The van der Waals surface area contributed by atoms with E-state index in [0.29, 0.717) is 41.4 Å². The van der Waals surface area contributed by atoms with Crippen LogP contribution in [-0.4, -0.2) is 46.6 Å². The molecular formula is C19H23N3O4. The van der Waals surface area contributed by atoms with E-state index in [1.165, 1.54) is 13.2 Å². The smallest absolute Gasteiger partial charge is 0.289 e. The zero-order valence-electron chi connectivity index (χ0n) is 15.2. The van der Waals surface area contributed by atoms with E-state index in [0.717, 1.165) is 12.8 Å². The lowest BCUT2D eigenvalue weighted by Crippen LogP contribution is -2.49. The molecule has 0 radical (unpaired) electrons. The number of aromatic nitrogens is 1. The molecule has 1 atom stereocenters. The summed E-state index contributed by atoms with van der Waals surface area (Å²) < 4.78 is 5.18. The number of likely N-dealkylation sites (tertiary alicyclic amines) is 1. The number of rotatable bonds is 4. The van der Waals surface area contributed by atoms with Crippen molar-refractivity contribution in [1.29, 1.82) is 0 Å². The van der Waals surface area contributed by atoms with Crippen LogP contribution in [0.4, 0.5) is 0 Å². The van der Waals surface area contributed by atoms with Crippen molar-refractivity contribution in [1.82, 2.24) is 15.2 Å². The molecule has 0 bridgehead atoms. The first-order valence-electron chi connectivity index (χ1n) is 8.72. The van der Waals surface area contributed by atoms with Gasteiger partial charge in [0.15, 0.2) is 11.5 Å². The second-order valence-corrected chi connectivity index (χ2v) is 6.72. The third-order valence-electron chi connectivity index (χ3n) is 4.79. The lowest BCUT2D eigenvalue weighted by molar-refractivity contribution is 0.0646. The second kappa shape index (κ2) is 7.19. The third-order valence-corrected chi connectivity index (χ3v) is 4.79. The van der Waals surface area contributed by atoms with Crippen LogP contribution in [-0.2, 0) is 0 Å². The first-order valence-corrected chi connectivity index (χ1v) is 8.72. The normalized spacial score (nSPS) is 17.2. The summed E-state index contributed by atoms with van der Waals surface area (Å²) in [6, 6.07) is 3.19. The number of ketones is 1. The Labute approximate surface area is 151 Å². The number of aromatic amines is 1. The lowest BCUT2D eigenvalue weighted by atomic mass is 10.0. The van der Waals surface area contributed by atoms with E-state index in [1.807, 2.05) is 0 Å². The molecule has 0 spiro atoms. The van der Waals surface area contributed by atoms with Gasteiger partial charge in [0.1, 0.15) is 0 Å². The zero-order valence-corrected chi connectivity index (χ0v) is 15.2. The number of Topliss-reactive ketones (excluding diaryl/α,β-unsaturated/α-hetero) is 1. The number of aryl methyl sites for hydroxylation is 1. The highest BCUT2D eigenvalue weighted by molar-refractivity contribution is 6.02. The van der Waals surface area contributed by atoms with Crippen molar-refractivity contribution in [3.63, 3.8) is 0 Å². The van der Waals surface area contributed by atoms with Crippen LogP contribution in [0.1, 0.15) is 62.4 Å². The molecule has 2 N–H and O–H groups in total. The molecule has 1 unspecified atom stereocenters. The van der Waals surface area contributed by atoms with Gasteiger partial charge in [0.05, 0.1) is 17.5 Å². The fourth-order valence-electron chi connectivity index (χ4n) is 3.54. The summed E-state index contributed by atoms with van der Waals surface area (Å²) in [5, 5.41) is 3.00. The van der Waals surface area contributed by atoms with Gasteiger partial charge in [0.2, 0.25) is 0 Å². The number of amides is 2. The maximum Gasteiger partial charge on any atom is 0.289 e. The largest absolute Gasteiger partial charge is 0.459 e. The van der Waals surface area contributed by atoms with Crippen LogP contribution < -0.4 is 5.32 Å². The molecule has 7 heteroatoms. The Morgan fingerprint density at radius 3 is 2.69 bits per heavy atom. The average molecular weight is 357 g/mol. The minimum Gasteiger partial charge on any atom is -0.459 e. The summed E-state index contributed by atoms with van der Waals surface area (Å²) in [5.74, 6) is -0.180. The fraction of sp³-hybridized carbons (Fsp3) is 0.421. The highest BCUT2D eigenvalue weighted by atomic mass is 16.3. The molecule has 1 saturated heterocycles. The minimum atomic E-state index is -0.221. The first kappa shape index (κ1) is 18.0. The van der Waals surface area contributed by atoms with Gasteiger partial charge in [0, 0.05) is 31.7 Å². The Kier molecular flexibility index (Phi) is 4.97. The van der Waals surface area contributed by atoms with Gasteiger partial charge in [-0.3, -0.25) is 14.4 Å². The summed E-state index contributed by atoms with van der Waals surface area (Å²) in [6.45, 7) is 6.10. The van der Waals surface area contributed by atoms with Gasteiger partial charge in [-0.25, -0.2) is 0 Å². The molecule has 3 rings (SSSR count). The van der Waals surface area contributed by atoms with Crippen molar-refractivity contribution < 1.29 is 18.8 Å². The van der Waals surface area contributed by atoms with Crippen LogP contribution in [0, 0.1) is 13.8 Å². The number of H-pyrrole nitrogens is 1. The lowest BCUT2D eigenvalue weighted by Gasteiger charge is -2.32. The maximum absolute atomic E-state index is 12.7. The average Bonchev–Trinajstić information content (AvgIpc) is 3.22. The number of furan rings is 1. The van der Waals surface area contributed by atoms with Gasteiger partial charge >= 0.3 is 0 Å². The van der Waals surface area contributed by atoms with Gasteiger partial charge in [-0.15, -0.1) is 0 Å².